The van der Waals surface area contributed by atoms with E-state index in [9.17, 15) is 0 Å². The number of hydrogen-bond acceptors (Lipinski definition) is 0. The molecule has 0 aromatic rings. The SMILES string of the molecule is C\C=C(C)/C=C/C=C(\C)CCC1=C(C)CCCC1(C)C. The minimum atomic E-state index is 0.417. The summed E-state index contributed by atoms with van der Waals surface area (Å²) in [6.07, 6.45) is 15.2. The third kappa shape index (κ3) is 5.15. The number of hydrogen-bond donors (Lipinski definition) is 0. The zero-order valence-corrected chi connectivity index (χ0v) is 14.3. The van der Waals surface area contributed by atoms with Crippen molar-refractivity contribution in [2.75, 3.05) is 0 Å². The van der Waals surface area contributed by atoms with Crippen LogP contribution >= 0.6 is 0 Å². The van der Waals surface area contributed by atoms with Crippen LogP contribution in [-0.4, -0.2) is 0 Å². The maximum atomic E-state index is 2.42. The Morgan fingerprint density at radius 2 is 1.95 bits per heavy atom. The summed E-state index contributed by atoms with van der Waals surface area (Å²) in [6, 6.07) is 0. The van der Waals surface area contributed by atoms with Gasteiger partial charge in [-0.2, -0.15) is 0 Å². The molecule has 0 aromatic carbocycles. The van der Waals surface area contributed by atoms with Gasteiger partial charge in [0.25, 0.3) is 0 Å². The third-order valence-electron chi connectivity index (χ3n) is 4.65. The van der Waals surface area contributed by atoms with Crippen molar-refractivity contribution >= 4 is 0 Å². The van der Waals surface area contributed by atoms with E-state index in [-0.39, 0.29) is 0 Å². The lowest BCUT2D eigenvalue weighted by Crippen LogP contribution is -2.20. The first-order valence-corrected chi connectivity index (χ1v) is 8.02. The molecule has 0 atom stereocenters. The Morgan fingerprint density at radius 1 is 1.25 bits per heavy atom. The second-order valence-corrected chi connectivity index (χ2v) is 6.90. The second-order valence-electron chi connectivity index (χ2n) is 6.90. The van der Waals surface area contributed by atoms with Crippen LogP contribution in [0.15, 0.2) is 46.6 Å². The van der Waals surface area contributed by atoms with E-state index in [1.807, 2.05) is 0 Å². The van der Waals surface area contributed by atoms with Crippen molar-refractivity contribution in [3.8, 4) is 0 Å². The molecule has 0 unspecified atom stereocenters. The highest BCUT2D eigenvalue weighted by atomic mass is 14.3. The van der Waals surface area contributed by atoms with Crippen molar-refractivity contribution in [1.82, 2.24) is 0 Å². The number of rotatable bonds is 5. The Balaban J connectivity index is 2.62. The van der Waals surface area contributed by atoms with Crippen molar-refractivity contribution in [2.45, 2.75) is 73.6 Å². The van der Waals surface area contributed by atoms with Gasteiger partial charge >= 0.3 is 0 Å². The molecule has 1 rings (SSSR count). The molecule has 0 aromatic heterocycles. The van der Waals surface area contributed by atoms with Crippen LogP contribution in [0.1, 0.15) is 73.6 Å². The van der Waals surface area contributed by atoms with Crippen molar-refractivity contribution in [3.63, 3.8) is 0 Å². The molecule has 20 heavy (non-hydrogen) atoms. The van der Waals surface area contributed by atoms with Gasteiger partial charge < -0.3 is 0 Å². The van der Waals surface area contributed by atoms with Crippen molar-refractivity contribution in [3.05, 3.63) is 46.6 Å². The van der Waals surface area contributed by atoms with Gasteiger partial charge in [-0.1, -0.05) is 60.4 Å². The van der Waals surface area contributed by atoms with Gasteiger partial charge in [-0.3, -0.25) is 0 Å². The first kappa shape index (κ1) is 17.0. The summed E-state index contributed by atoms with van der Waals surface area (Å²) in [5.41, 5.74) is 6.58. The van der Waals surface area contributed by atoms with Crippen molar-refractivity contribution in [2.24, 2.45) is 5.41 Å². The normalized spacial score (nSPS) is 20.9. The summed E-state index contributed by atoms with van der Waals surface area (Å²) in [4.78, 5) is 0. The Bertz CT molecular complexity index is 439. The van der Waals surface area contributed by atoms with E-state index in [0.717, 1.165) is 0 Å². The maximum Gasteiger partial charge on any atom is -0.0142 e. The van der Waals surface area contributed by atoms with Crippen molar-refractivity contribution < 1.29 is 0 Å². The minimum Gasteiger partial charge on any atom is -0.0847 e. The van der Waals surface area contributed by atoms with Crippen LogP contribution in [-0.2, 0) is 0 Å². The summed E-state index contributed by atoms with van der Waals surface area (Å²) in [6.45, 7) is 13.6. The molecular weight excluding hydrogens is 240 g/mol. The van der Waals surface area contributed by atoms with E-state index in [1.54, 1.807) is 11.1 Å². The van der Waals surface area contributed by atoms with Gasteiger partial charge in [0.15, 0.2) is 0 Å². The molecule has 0 fully saturated rings. The minimum absolute atomic E-state index is 0.417. The molecule has 0 heterocycles. The highest BCUT2D eigenvalue weighted by Crippen LogP contribution is 2.42. The lowest BCUT2D eigenvalue weighted by molar-refractivity contribution is 0.354. The summed E-state index contributed by atoms with van der Waals surface area (Å²) >= 11 is 0. The Hall–Kier alpha value is -1.04. The van der Waals surface area contributed by atoms with E-state index in [2.05, 4.69) is 65.8 Å². The Morgan fingerprint density at radius 3 is 2.55 bits per heavy atom. The lowest BCUT2D eigenvalue weighted by atomic mass is 9.71. The summed E-state index contributed by atoms with van der Waals surface area (Å²) in [7, 11) is 0. The topological polar surface area (TPSA) is 0 Å². The molecule has 0 spiro atoms. The standard InChI is InChI=1S/C20H32/c1-7-16(2)10-8-11-17(3)13-14-19-18(4)12-9-15-20(19,5)6/h7-8,10-11H,9,12-15H2,1-6H3/b10-8+,16-7-,17-11+. The van der Waals surface area contributed by atoms with E-state index in [1.165, 1.54) is 43.3 Å². The Labute approximate surface area is 126 Å². The number of allylic oxidation sites excluding steroid dienone is 8. The van der Waals surface area contributed by atoms with Crippen LogP contribution in [0.2, 0.25) is 0 Å². The quantitative estimate of drug-likeness (QED) is 0.383. The molecule has 0 amide bonds. The van der Waals surface area contributed by atoms with Gasteiger partial charge in [-0.25, -0.2) is 0 Å². The molecule has 0 radical (unpaired) electrons. The molecule has 0 aliphatic heterocycles. The van der Waals surface area contributed by atoms with E-state index in [0.29, 0.717) is 5.41 Å². The van der Waals surface area contributed by atoms with Gasteiger partial charge in [0.2, 0.25) is 0 Å². The smallest absolute Gasteiger partial charge is 0.0142 e. The highest BCUT2D eigenvalue weighted by Gasteiger charge is 2.27. The van der Waals surface area contributed by atoms with E-state index < -0.39 is 0 Å². The molecule has 0 N–H and O–H groups in total. The van der Waals surface area contributed by atoms with Gasteiger partial charge in [-0.05, 0) is 65.2 Å². The molecule has 0 saturated carbocycles. The average Bonchev–Trinajstić information content (AvgIpc) is 2.37. The molecule has 0 saturated heterocycles. The van der Waals surface area contributed by atoms with Crippen LogP contribution in [0.25, 0.3) is 0 Å². The predicted molar refractivity (Wildman–Crippen MR) is 91.9 cm³/mol. The maximum absolute atomic E-state index is 2.42. The zero-order chi connectivity index (χ0) is 15.2. The van der Waals surface area contributed by atoms with E-state index >= 15 is 0 Å². The molecule has 1 aliphatic carbocycles. The monoisotopic (exact) mass is 272 g/mol. The fourth-order valence-corrected chi connectivity index (χ4v) is 3.09. The molecule has 1 aliphatic rings. The summed E-state index contributed by atoms with van der Waals surface area (Å²) < 4.78 is 0. The van der Waals surface area contributed by atoms with Gasteiger partial charge in [0.05, 0.1) is 0 Å². The van der Waals surface area contributed by atoms with E-state index in [4.69, 9.17) is 0 Å². The lowest BCUT2D eigenvalue weighted by Gasteiger charge is -2.34. The zero-order valence-electron chi connectivity index (χ0n) is 14.3. The molecular formula is C20H32. The average molecular weight is 272 g/mol. The second kappa shape index (κ2) is 7.67. The van der Waals surface area contributed by atoms with Crippen molar-refractivity contribution in [1.29, 1.82) is 0 Å². The first-order chi connectivity index (χ1) is 9.36. The fourth-order valence-electron chi connectivity index (χ4n) is 3.09. The van der Waals surface area contributed by atoms with Gasteiger partial charge in [0, 0.05) is 0 Å². The largest absolute Gasteiger partial charge is 0.0847 e. The van der Waals surface area contributed by atoms with Gasteiger partial charge in [-0.15, -0.1) is 0 Å². The third-order valence-corrected chi connectivity index (χ3v) is 4.65. The van der Waals surface area contributed by atoms with Crippen LogP contribution in [0.5, 0.6) is 0 Å². The highest BCUT2D eigenvalue weighted by molar-refractivity contribution is 5.25. The molecule has 112 valence electrons. The molecule has 0 heteroatoms. The summed E-state index contributed by atoms with van der Waals surface area (Å²) in [5.74, 6) is 0. The fraction of sp³-hybridized carbons (Fsp3) is 0.600. The predicted octanol–water partition coefficient (Wildman–Crippen LogP) is 6.76. The van der Waals surface area contributed by atoms with Crippen LogP contribution in [0.3, 0.4) is 0 Å². The van der Waals surface area contributed by atoms with Crippen LogP contribution < -0.4 is 0 Å². The summed E-state index contributed by atoms with van der Waals surface area (Å²) in [5, 5.41) is 0. The molecule has 0 bridgehead atoms. The van der Waals surface area contributed by atoms with Gasteiger partial charge in [0.1, 0.15) is 0 Å². The first-order valence-electron chi connectivity index (χ1n) is 8.02. The van der Waals surface area contributed by atoms with Crippen LogP contribution in [0, 0.1) is 5.41 Å². The molecule has 0 nitrogen and oxygen atoms in total. The van der Waals surface area contributed by atoms with Crippen LogP contribution in [0.4, 0.5) is 0 Å². The Kier molecular flexibility index (Phi) is 6.52.